The quantitative estimate of drug-likeness (QED) is 0.622. The maximum absolute atomic E-state index is 12.7. The highest BCUT2D eigenvalue weighted by atomic mass is 16.3. The van der Waals surface area contributed by atoms with E-state index in [1.54, 1.807) is 0 Å². The second-order valence-electron chi connectivity index (χ2n) is 9.63. The summed E-state index contributed by atoms with van der Waals surface area (Å²) in [4.78, 5) is 26.7. The number of aliphatic hydroxyl groups excluding tert-OH is 1. The molecule has 1 saturated heterocycles. The fourth-order valence-electron chi connectivity index (χ4n) is 6.55. The van der Waals surface area contributed by atoms with E-state index in [4.69, 9.17) is 5.11 Å². The van der Waals surface area contributed by atoms with Gasteiger partial charge in [0.15, 0.2) is 0 Å². The highest BCUT2D eigenvalue weighted by Crippen LogP contribution is 2.55. The van der Waals surface area contributed by atoms with E-state index in [1.807, 2.05) is 4.90 Å². The Bertz CT molecular complexity index is 522. The van der Waals surface area contributed by atoms with Gasteiger partial charge in [0.2, 0.25) is 5.91 Å². The maximum atomic E-state index is 12.7. The van der Waals surface area contributed by atoms with Gasteiger partial charge >= 0.3 is 6.03 Å². The highest BCUT2D eigenvalue weighted by Gasteiger charge is 2.51. The van der Waals surface area contributed by atoms with E-state index < -0.39 is 0 Å². The van der Waals surface area contributed by atoms with Crippen molar-refractivity contribution >= 4 is 11.9 Å². The first-order chi connectivity index (χ1) is 13.0. The predicted octanol–water partition coefficient (Wildman–Crippen LogP) is 2.41. The van der Waals surface area contributed by atoms with Crippen LogP contribution in [0.1, 0.15) is 70.6 Å². The molecule has 3 N–H and O–H groups in total. The first-order valence-corrected chi connectivity index (χ1v) is 11.0. The molecule has 0 radical (unpaired) electrons. The molecule has 5 fully saturated rings. The number of hydrogen-bond donors (Lipinski definition) is 3. The predicted molar refractivity (Wildman–Crippen MR) is 103 cm³/mol. The van der Waals surface area contributed by atoms with E-state index in [0.717, 1.165) is 50.1 Å². The summed E-state index contributed by atoms with van der Waals surface area (Å²) in [6, 6.07) is 0.171. The number of amides is 3. The number of piperidine rings is 1. The van der Waals surface area contributed by atoms with Crippen LogP contribution >= 0.6 is 0 Å². The van der Waals surface area contributed by atoms with E-state index in [0.29, 0.717) is 12.8 Å². The fourth-order valence-corrected chi connectivity index (χ4v) is 6.55. The number of carbonyl (C=O) groups is 2. The molecule has 4 saturated carbocycles. The minimum absolute atomic E-state index is 0.00433. The van der Waals surface area contributed by atoms with Crippen molar-refractivity contribution in [3.05, 3.63) is 0 Å². The molecule has 1 heterocycles. The lowest BCUT2D eigenvalue weighted by atomic mass is 9.53. The van der Waals surface area contributed by atoms with Crippen molar-refractivity contribution in [2.45, 2.75) is 82.2 Å². The first kappa shape index (κ1) is 19.0. The third-order valence-corrected chi connectivity index (χ3v) is 7.40. The zero-order valence-corrected chi connectivity index (χ0v) is 16.4. The van der Waals surface area contributed by atoms with Crippen molar-refractivity contribution in [2.75, 3.05) is 19.7 Å². The van der Waals surface area contributed by atoms with E-state index in [1.165, 1.54) is 38.5 Å². The number of hydrogen-bond acceptors (Lipinski definition) is 3. The summed E-state index contributed by atoms with van der Waals surface area (Å²) in [6.07, 6.45) is 11.3. The second-order valence-corrected chi connectivity index (χ2v) is 9.63. The lowest BCUT2D eigenvalue weighted by Gasteiger charge is -2.56. The molecule has 5 aliphatic rings. The fraction of sp³-hybridized carbons (Fsp3) is 0.905. The van der Waals surface area contributed by atoms with Crippen molar-refractivity contribution in [1.82, 2.24) is 15.5 Å². The normalized spacial score (nSPS) is 35.3. The van der Waals surface area contributed by atoms with Crippen LogP contribution in [0.25, 0.3) is 0 Å². The van der Waals surface area contributed by atoms with Crippen LogP contribution in [-0.2, 0) is 4.79 Å². The van der Waals surface area contributed by atoms with Gasteiger partial charge in [0.1, 0.15) is 0 Å². The van der Waals surface area contributed by atoms with Crippen LogP contribution in [0.2, 0.25) is 0 Å². The third-order valence-electron chi connectivity index (χ3n) is 7.40. The number of aliphatic hydroxyl groups is 1. The minimum Gasteiger partial charge on any atom is -0.396 e. The van der Waals surface area contributed by atoms with Crippen molar-refractivity contribution < 1.29 is 14.7 Å². The molecule has 6 heteroatoms. The van der Waals surface area contributed by atoms with Crippen LogP contribution in [-0.4, -0.2) is 53.2 Å². The average Bonchev–Trinajstić information content (AvgIpc) is 2.60. The van der Waals surface area contributed by atoms with Crippen LogP contribution in [0.4, 0.5) is 4.79 Å². The highest BCUT2D eigenvalue weighted by molar-refractivity contribution is 5.77. The molecular weight excluding hydrogens is 342 g/mol. The Morgan fingerprint density at radius 2 is 1.56 bits per heavy atom. The van der Waals surface area contributed by atoms with Gasteiger partial charge < -0.3 is 20.6 Å². The minimum atomic E-state index is 0.00433. The smallest absolute Gasteiger partial charge is 0.315 e. The van der Waals surface area contributed by atoms with E-state index in [2.05, 4.69) is 10.6 Å². The summed E-state index contributed by atoms with van der Waals surface area (Å²) in [6.45, 7) is 1.60. The largest absolute Gasteiger partial charge is 0.396 e. The topological polar surface area (TPSA) is 81.7 Å². The number of unbranched alkanes of at least 4 members (excludes halogenated alkanes) is 1. The number of nitrogens with one attached hydrogen (secondary N) is 2. The van der Waals surface area contributed by atoms with Gasteiger partial charge in [-0.3, -0.25) is 4.79 Å². The lowest BCUT2D eigenvalue weighted by Crippen LogP contribution is -2.62. The molecule has 0 unspecified atom stereocenters. The summed E-state index contributed by atoms with van der Waals surface area (Å²) in [5.74, 6) is 2.67. The van der Waals surface area contributed by atoms with Gasteiger partial charge in [-0.15, -0.1) is 0 Å². The lowest BCUT2D eigenvalue weighted by molar-refractivity contribution is -0.132. The summed E-state index contributed by atoms with van der Waals surface area (Å²) in [5.41, 5.74) is 0.0577. The van der Waals surface area contributed by atoms with Crippen LogP contribution in [0.3, 0.4) is 0 Å². The zero-order valence-electron chi connectivity index (χ0n) is 16.4. The number of rotatable bonds is 6. The maximum Gasteiger partial charge on any atom is 0.315 e. The number of urea groups is 1. The van der Waals surface area contributed by atoms with Gasteiger partial charge in [-0.2, -0.15) is 0 Å². The molecule has 1 aliphatic heterocycles. The summed E-state index contributed by atoms with van der Waals surface area (Å²) in [5, 5.41) is 15.4. The number of nitrogens with zero attached hydrogens (tertiary/aromatic N) is 1. The molecule has 3 amide bonds. The molecule has 4 bridgehead atoms. The van der Waals surface area contributed by atoms with E-state index >= 15 is 0 Å². The molecular formula is C21H35N3O3. The van der Waals surface area contributed by atoms with E-state index in [-0.39, 0.29) is 30.1 Å². The Balaban J connectivity index is 1.20. The SMILES string of the molecule is O=C(NC1CCN(C(=O)CCCCO)CC1)NC12CC3CC(CC(C3)C1)C2. The average molecular weight is 378 g/mol. The molecule has 152 valence electrons. The van der Waals surface area contributed by atoms with Gasteiger partial charge in [0, 0.05) is 37.7 Å². The second kappa shape index (κ2) is 7.98. The molecule has 0 aromatic rings. The van der Waals surface area contributed by atoms with Crippen molar-refractivity contribution in [2.24, 2.45) is 17.8 Å². The Morgan fingerprint density at radius 1 is 0.963 bits per heavy atom. The molecule has 0 aromatic carbocycles. The first-order valence-electron chi connectivity index (χ1n) is 11.0. The molecule has 27 heavy (non-hydrogen) atoms. The molecule has 0 aromatic heterocycles. The molecule has 0 atom stereocenters. The Kier molecular flexibility index (Phi) is 5.62. The van der Waals surface area contributed by atoms with Crippen LogP contribution in [0.15, 0.2) is 0 Å². The number of carbonyl (C=O) groups excluding carboxylic acids is 2. The van der Waals surface area contributed by atoms with Gasteiger partial charge in [-0.25, -0.2) is 4.79 Å². The Labute approximate surface area is 162 Å². The molecule has 6 nitrogen and oxygen atoms in total. The van der Waals surface area contributed by atoms with Crippen LogP contribution in [0, 0.1) is 17.8 Å². The zero-order chi connectivity index (χ0) is 18.9. The molecule has 4 aliphatic carbocycles. The summed E-state index contributed by atoms with van der Waals surface area (Å²) >= 11 is 0. The van der Waals surface area contributed by atoms with Crippen LogP contribution in [0.5, 0.6) is 0 Å². The van der Waals surface area contributed by atoms with Gasteiger partial charge in [0.25, 0.3) is 0 Å². The van der Waals surface area contributed by atoms with Crippen LogP contribution < -0.4 is 10.6 Å². The van der Waals surface area contributed by atoms with E-state index in [9.17, 15) is 9.59 Å². The monoisotopic (exact) mass is 377 g/mol. The summed E-state index contributed by atoms with van der Waals surface area (Å²) in [7, 11) is 0. The van der Waals surface area contributed by atoms with Crippen molar-refractivity contribution in [3.63, 3.8) is 0 Å². The summed E-state index contributed by atoms with van der Waals surface area (Å²) < 4.78 is 0. The van der Waals surface area contributed by atoms with Gasteiger partial charge in [0.05, 0.1) is 0 Å². The number of likely N-dealkylation sites (tertiary alicyclic amines) is 1. The standard InChI is InChI=1S/C21H35N3O3/c25-8-2-1-3-19(26)24-6-4-18(5-7-24)22-20(27)23-21-12-15-9-16(13-21)11-17(10-15)14-21/h15-18,25H,1-14H2,(H2,22,23,27). The van der Waals surface area contributed by atoms with Crippen molar-refractivity contribution in [1.29, 1.82) is 0 Å². The molecule has 0 spiro atoms. The Hall–Kier alpha value is -1.30. The van der Waals surface area contributed by atoms with Gasteiger partial charge in [-0.1, -0.05) is 0 Å². The third kappa shape index (κ3) is 4.41. The Morgan fingerprint density at radius 3 is 2.11 bits per heavy atom. The van der Waals surface area contributed by atoms with Gasteiger partial charge in [-0.05, 0) is 82.0 Å². The molecule has 5 rings (SSSR count). The van der Waals surface area contributed by atoms with Crippen molar-refractivity contribution in [3.8, 4) is 0 Å².